The third kappa shape index (κ3) is 8.40. The minimum atomic E-state index is 0.480. The summed E-state index contributed by atoms with van der Waals surface area (Å²) >= 11 is 0. The van der Waals surface area contributed by atoms with Gasteiger partial charge in [-0.3, -0.25) is 4.79 Å². The van der Waals surface area contributed by atoms with Crippen LogP contribution < -0.4 is 0 Å². The zero-order valence-electron chi connectivity index (χ0n) is 11.7. The molecule has 0 aromatic rings. The molecule has 0 bridgehead atoms. The maximum absolute atomic E-state index is 11.4. The molecule has 0 aliphatic heterocycles. The molecule has 1 fully saturated rings. The standard InChI is InChI=1S/C16H30O/c1-2-3-4-5-6-7-8-9-10-11-12-16(17)15-13-14-15/h15H,2-14H2,1H3. The van der Waals surface area contributed by atoms with Crippen molar-refractivity contribution in [2.75, 3.05) is 0 Å². The zero-order chi connectivity index (χ0) is 12.3. The molecule has 0 amide bonds. The molecule has 0 spiro atoms. The Morgan fingerprint density at radius 3 is 1.76 bits per heavy atom. The highest BCUT2D eigenvalue weighted by Gasteiger charge is 2.28. The molecule has 0 heterocycles. The summed E-state index contributed by atoms with van der Waals surface area (Å²) in [7, 11) is 0. The predicted octanol–water partition coefficient (Wildman–Crippen LogP) is 5.28. The molecule has 0 unspecified atom stereocenters. The van der Waals surface area contributed by atoms with E-state index in [9.17, 15) is 4.79 Å². The molecule has 1 saturated carbocycles. The van der Waals surface area contributed by atoms with E-state index in [1.807, 2.05) is 0 Å². The van der Waals surface area contributed by atoms with Crippen molar-refractivity contribution in [3.63, 3.8) is 0 Å². The molecule has 1 aliphatic rings. The van der Waals surface area contributed by atoms with Gasteiger partial charge in [0.2, 0.25) is 0 Å². The summed E-state index contributed by atoms with van der Waals surface area (Å²) in [6.45, 7) is 2.27. The maximum atomic E-state index is 11.4. The molecular weight excluding hydrogens is 208 g/mol. The van der Waals surface area contributed by atoms with Crippen LogP contribution in [0.15, 0.2) is 0 Å². The van der Waals surface area contributed by atoms with E-state index in [1.54, 1.807) is 0 Å². The van der Waals surface area contributed by atoms with Crippen LogP contribution in [-0.4, -0.2) is 5.78 Å². The highest BCUT2D eigenvalue weighted by Crippen LogP contribution is 2.31. The second-order valence-electron chi connectivity index (χ2n) is 5.67. The van der Waals surface area contributed by atoms with Crippen molar-refractivity contribution < 1.29 is 4.79 Å². The molecule has 1 nitrogen and oxygen atoms in total. The van der Waals surface area contributed by atoms with E-state index in [0.717, 1.165) is 12.8 Å². The molecule has 1 rings (SSSR count). The van der Waals surface area contributed by atoms with Crippen LogP contribution in [0.25, 0.3) is 0 Å². The molecule has 0 aromatic heterocycles. The quantitative estimate of drug-likeness (QED) is 0.423. The van der Waals surface area contributed by atoms with E-state index >= 15 is 0 Å². The minimum Gasteiger partial charge on any atom is -0.299 e. The van der Waals surface area contributed by atoms with Crippen molar-refractivity contribution >= 4 is 5.78 Å². The average Bonchev–Trinajstić information content (AvgIpc) is 3.15. The Labute approximate surface area is 107 Å². The van der Waals surface area contributed by atoms with Gasteiger partial charge in [0.05, 0.1) is 0 Å². The Bertz CT molecular complexity index is 194. The highest BCUT2D eigenvalue weighted by molar-refractivity contribution is 5.82. The second-order valence-corrected chi connectivity index (χ2v) is 5.67. The largest absolute Gasteiger partial charge is 0.299 e. The minimum absolute atomic E-state index is 0.480. The van der Waals surface area contributed by atoms with E-state index < -0.39 is 0 Å². The van der Waals surface area contributed by atoms with Gasteiger partial charge in [0.1, 0.15) is 5.78 Å². The Kier molecular flexibility index (Phi) is 8.38. The maximum Gasteiger partial charge on any atom is 0.135 e. The van der Waals surface area contributed by atoms with Crippen LogP contribution in [0.4, 0.5) is 0 Å². The summed E-state index contributed by atoms with van der Waals surface area (Å²) in [4.78, 5) is 11.4. The third-order valence-corrected chi connectivity index (χ3v) is 3.81. The van der Waals surface area contributed by atoms with E-state index in [2.05, 4.69) is 6.92 Å². The van der Waals surface area contributed by atoms with Crippen LogP contribution in [0.5, 0.6) is 0 Å². The molecule has 17 heavy (non-hydrogen) atoms. The van der Waals surface area contributed by atoms with Crippen LogP contribution in [0, 0.1) is 5.92 Å². The fourth-order valence-electron chi connectivity index (χ4n) is 2.40. The molecule has 0 radical (unpaired) electrons. The lowest BCUT2D eigenvalue weighted by Crippen LogP contribution is -1.99. The lowest BCUT2D eigenvalue weighted by molar-refractivity contribution is -0.120. The summed E-state index contributed by atoms with van der Waals surface area (Å²) in [5, 5.41) is 0. The predicted molar refractivity (Wildman–Crippen MR) is 74.2 cm³/mol. The first-order chi connectivity index (χ1) is 8.34. The molecule has 100 valence electrons. The monoisotopic (exact) mass is 238 g/mol. The summed E-state index contributed by atoms with van der Waals surface area (Å²) in [5.74, 6) is 1.03. The summed E-state index contributed by atoms with van der Waals surface area (Å²) in [5.41, 5.74) is 0. The van der Waals surface area contributed by atoms with E-state index in [4.69, 9.17) is 0 Å². The van der Waals surface area contributed by atoms with Gasteiger partial charge in [-0.15, -0.1) is 0 Å². The van der Waals surface area contributed by atoms with Gasteiger partial charge in [-0.25, -0.2) is 0 Å². The van der Waals surface area contributed by atoms with E-state index in [1.165, 1.54) is 70.6 Å². The third-order valence-electron chi connectivity index (χ3n) is 3.81. The zero-order valence-corrected chi connectivity index (χ0v) is 11.7. The topological polar surface area (TPSA) is 17.1 Å². The normalized spacial score (nSPS) is 15.1. The first-order valence-corrected chi connectivity index (χ1v) is 7.87. The van der Waals surface area contributed by atoms with E-state index in [0.29, 0.717) is 11.7 Å². The van der Waals surface area contributed by atoms with Crippen LogP contribution in [0.3, 0.4) is 0 Å². The van der Waals surface area contributed by atoms with Gasteiger partial charge in [0.15, 0.2) is 0 Å². The number of hydrogen-bond donors (Lipinski definition) is 0. The fourth-order valence-corrected chi connectivity index (χ4v) is 2.40. The molecule has 1 heteroatoms. The smallest absolute Gasteiger partial charge is 0.135 e. The van der Waals surface area contributed by atoms with Crippen LogP contribution >= 0.6 is 0 Å². The van der Waals surface area contributed by atoms with Crippen molar-refractivity contribution in [1.82, 2.24) is 0 Å². The van der Waals surface area contributed by atoms with Crippen LogP contribution in [0.1, 0.15) is 90.4 Å². The molecule has 0 N–H and O–H groups in total. The number of ketones is 1. The van der Waals surface area contributed by atoms with Gasteiger partial charge in [-0.2, -0.15) is 0 Å². The summed E-state index contributed by atoms with van der Waals surface area (Å²) in [6.07, 6.45) is 16.8. The van der Waals surface area contributed by atoms with Crippen molar-refractivity contribution in [1.29, 1.82) is 0 Å². The first-order valence-electron chi connectivity index (χ1n) is 7.87. The number of unbranched alkanes of at least 4 members (excludes halogenated alkanes) is 9. The van der Waals surface area contributed by atoms with Crippen LogP contribution in [-0.2, 0) is 4.79 Å². The van der Waals surface area contributed by atoms with Gasteiger partial charge in [0.25, 0.3) is 0 Å². The average molecular weight is 238 g/mol. The SMILES string of the molecule is CCCCCCCCCCCCC(=O)C1CC1. The van der Waals surface area contributed by atoms with Gasteiger partial charge in [-0.1, -0.05) is 64.7 Å². The Morgan fingerprint density at radius 2 is 1.29 bits per heavy atom. The number of Topliss-reactive ketones (excluding diaryl/α,β-unsaturated/α-hetero) is 1. The Balaban J connectivity index is 1.70. The Hall–Kier alpha value is -0.330. The molecule has 1 aliphatic carbocycles. The second kappa shape index (κ2) is 9.67. The summed E-state index contributed by atoms with van der Waals surface area (Å²) < 4.78 is 0. The molecule has 0 atom stereocenters. The lowest BCUT2D eigenvalue weighted by Gasteiger charge is -2.02. The number of carbonyl (C=O) groups excluding carboxylic acids is 1. The van der Waals surface area contributed by atoms with E-state index in [-0.39, 0.29) is 0 Å². The first kappa shape index (κ1) is 14.7. The Morgan fingerprint density at radius 1 is 0.824 bits per heavy atom. The van der Waals surface area contributed by atoms with Crippen molar-refractivity contribution in [2.45, 2.75) is 90.4 Å². The van der Waals surface area contributed by atoms with Gasteiger partial charge in [0, 0.05) is 12.3 Å². The van der Waals surface area contributed by atoms with Crippen molar-refractivity contribution in [2.24, 2.45) is 5.92 Å². The van der Waals surface area contributed by atoms with Gasteiger partial charge in [-0.05, 0) is 19.3 Å². The number of carbonyl (C=O) groups is 1. The van der Waals surface area contributed by atoms with Crippen LogP contribution in [0.2, 0.25) is 0 Å². The van der Waals surface area contributed by atoms with Gasteiger partial charge >= 0.3 is 0 Å². The number of hydrogen-bond acceptors (Lipinski definition) is 1. The molecule has 0 saturated heterocycles. The van der Waals surface area contributed by atoms with Crippen molar-refractivity contribution in [3.8, 4) is 0 Å². The van der Waals surface area contributed by atoms with Crippen molar-refractivity contribution in [3.05, 3.63) is 0 Å². The lowest BCUT2D eigenvalue weighted by atomic mass is 10.0. The molecular formula is C16H30O. The summed E-state index contributed by atoms with van der Waals surface area (Å²) in [6, 6.07) is 0. The highest BCUT2D eigenvalue weighted by atomic mass is 16.1. The number of rotatable bonds is 12. The molecule has 0 aromatic carbocycles. The fraction of sp³-hybridized carbons (Fsp3) is 0.938. The van der Waals surface area contributed by atoms with Gasteiger partial charge < -0.3 is 0 Å².